The summed E-state index contributed by atoms with van der Waals surface area (Å²) in [6.45, 7) is 4.48. The molecule has 21 heavy (non-hydrogen) atoms. The molecule has 0 radical (unpaired) electrons. The Morgan fingerprint density at radius 3 is 2.19 bits per heavy atom. The average Bonchev–Trinajstić information content (AvgIpc) is 2.55. The highest BCUT2D eigenvalue weighted by Gasteiger charge is 2.13. The van der Waals surface area contributed by atoms with Gasteiger partial charge in [0, 0.05) is 38.1 Å². The Labute approximate surface area is 126 Å². The van der Waals surface area contributed by atoms with E-state index in [4.69, 9.17) is 0 Å². The molecule has 3 nitrogen and oxygen atoms in total. The quantitative estimate of drug-likeness (QED) is 0.804. The second-order valence-corrected chi connectivity index (χ2v) is 5.48. The summed E-state index contributed by atoms with van der Waals surface area (Å²) in [5.41, 5.74) is 3.43. The second kappa shape index (κ2) is 6.55. The minimum absolute atomic E-state index is 0.987. The van der Waals surface area contributed by atoms with Gasteiger partial charge >= 0.3 is 0 Å². The van der Waals surface area contributed by atoms with Gasteiger partial charge in [-0.25, -0.2) is 0 Å². The van der Waals surface area contributed by atoms with Gasteiger partial charge < -0.3 is 9.80 Å². The molecular formula is C18H21N3. The van der Waals surface area contributed by atoms with Crippen molar-refractivity contribution in [2.45, 2.75) is 0 Å². The molecular weight excluding hydrogens is 258 g/mol. The minimum atomic E-state index is 0.987. The van der Waals surface area contributed by atoms with Crippen molar-refractivity contribution in [1.29, 1.82) is 0 Å². The van der Waals surface area contributed by atoms with Crippen LogP contribution in [0, 0.1) is 0 Å². The van der Waals surface area contributed by atoms with Crippen LogP contribution >= 0.6 is 0 Å². The fourth-order valence-corrected chi connectivity index (χ4v) is 2.50. The van der Waals surface area contributed by atoms with Crippen molar-refractivity contribution >= 4 is 17.6 Å². The number of rotatable bonds is 3. The minimum Gasteiger partial charge on any atom is -0.369 e. The van der Waals surface area contributed by atoms with Crippen LogP contribution in [0.25, 0.3) is 0 Å². The number of aliphatic imine (C=N–C) groups is 1. The number of hydrogen-bond acceptors (Lipinski definition) is 3. The topological polar surface area (TPSA) is 18.8 Å². The third kappa shape index (κ3) is 3.70. The van der Waals surface area contributed by atoms with Crippen molar-refractivity contribution in [2.24, 2.45) is 4.99 Å². The van der Waals surface area contributed by atoms with Crippen LogP contribution in [0.2, 0.25) is 0 Å². The largest absolute Gasteiger partial charge is 0.369 e. The lowest BCUT2D eigenvalue weighted by atomic mass is 10.2. The number of hydrogen-bond donors (Lipinski definition) is 0. The SMILES string of the molecule is CN1CCN(c2ccc(C=Nc3ccccc3)cc2)CC1. The molecule has 0 aromatic heterocycles. The highest BCUT2D eigenvalue weighted by Crippen LogP contribution is 2.17. The first-order valence-corrected chi connectivity index (χ1v) is 7.44. The van der Waals surface area contributed by atoms with E-state index in [0.717, 1.165) is 37.4 Å². The molecule has 1 saturated heterocycles. The van der Waals surface area contributed by atoms with E-state index in [1.807, 2.05) is 36.5 Å². The number of nitrogens with zero attached hydrogens (tertiary/aromatic N) is 3. The molecule has 3 heteroatoms. The number of para-hydroxylation sites is 1. The van der Waals surface area contributed by atoms with Gasteiger partial charge in [-0.2, -0.15) is 0 Å². The van der Waals surface area contributed by atoms with Crippen LogP contribution in [0.1, 0.15) is 5.56 Å². The van der Waals surface area contributed by atoms with E-state index in [9.17, 15) is 0 Å². The van der Waals surface area contributed by atoms with Crippen LogP contribution in [0.15, 0.2) is 59.6 Å². The molecule has 0 bridgehead atoms. The third-order valence-electron chi connectivity index (χ3n) is 3.88. The Hall–Kier alpha value is -2.13. The predicted octanol–water partition coefficient (Wildman–Crippen LogP) is 3.19. The molecule has 0 N–H and O–H groups in total. The maximum atomic E-state index is 4.48. The Balaban J connectivity index is 1.65. The normalized spacial score (nSPS) is 16.5. The summed E-state index contributed by atoms with van der Waals surface area (Å²) in [5, 5.41) is 0. The zero-order valence-corrected chi connectivity index (χ0v) is 12.4. The molecule has 1 fully saturated rings. The Kier molecular flexibility index (Phi) is 4.31. The fraction of sp³-hybridized carbons (Fsp3) is 0.278. The summed E-state index contributed by atoms with van der Waals surface area (Å²) in [7, 11) is 2.18. The molecule has 1 aliphatic heterocycles. The van der Waals surface area contributed by atoms with Crippen LogP contribution in [-0.2, 0) is 0 Å². The molecule has 0 spiro atoms. The number of piperazine rings is 1. The molecule has 0 atom stereocenters. The number of benzene rings is 2. The lowest BCUT2D eigenvalue weighted by Crippen LogP contribution is -2.44. The zero-order valence-electron chi connectivity index (χ0n) is 12.4. The maximum absolute atomic E-state index is 4.48. The summed E-state index contributed by atoms with van der Waals surface area (Å²) >= 11 is 0. The van der Waals surface area contributed by atoms with Crippen molar-refractivity contribution < 1.29 is 0 Å². The van der Waals surface area contributed by atoms with E-state index in [1.54, 1.807) is 0 Å². The molecule has 2 aromatic rings. The summed E-state index contributed by atoms with van der Waals surface area (Å²) in [6, 6.07) is 18.7. The summed E-state index contributed by atoms with van der Waals surface area (Å²) in [5.74, 6) is 0. The zero-order chi connectivity index (χ0) is 14.5. The molecule has 108 valence electrons. The molecule has 1 heterocycles. The van der Waals surface area contributed by atoms with Crippen LogP contribution < -0.4 is 4.90 Å². The van der Waals surface area contributed by atoms with E-state index in [-0.39, 0.29) is 0 Å². The lowest BCUT2D eigenvalue weighted by Gasteiger charge is -2.34. The van der Waals surface area contributed by atoms with Crippen molar-refractivity contribution in [3.05, 3.63) is 60.2 Å². The molecule has 0 unspecified atom stereocenters. The van der Waals surface area contributed by atoms with Crippen molar-refractivity contribution in [3.63, 3.8) is 0 Å². The third-order valence-corrected chi connectivity index (χ3v) is 3.88. The van der Waals surface area contributed by atoms with Gasteiger partial charge in [-0.3, -0.25) is 4.99 Å². The van der Waals surface area contributed by atoms with Crippen molar-refractivity contribution in [3.8, 4) is 0 Å². The lowest BCUT2D eigenvalue weighted by molar-refractivity contribution is 0.313. The summed E-state index contributed by atoms with van der Waals surface area (Å²) < 4.78 is 0. The highest BCUT2D eigenvalue weighted by atomic mass is 15.2. The molecule has 2 aromatic carbocycles. The van der Waals surface area contributed by atoms with Crippen LogP contribution in [0.5, 0.6) is 0 Å². The fourth-order valence-electron chi connectivity index (χ4n) is 2.50. The van der Waals surface area contributed by atoms with E-state index >= 15 is 0 Å². The monoisotopic (exact) mass is 279 g/mol. The van der Waals surface area contributed by atoms with E-state index in [0.29, 0.717) is 0 Å². The van der Waals surface area contributed by atoms with Gasteiger partial charge in [-0.05, 0) is 36.9 Å². The van der Waals surface area contributed by atoms with Gasteiger partial charge in [-0.15, -0.1) is 0 Å². The molecule has 0 aliphatic carbocycles. The van der Waals surface area contributed by atoms with Gasteiger partial charge in [0.15, 0.2) is 0 Å². The van der Waals surface area contributed by atoms with Crippen LogP contribution in [0.3, 0.4) is 0 Å². The van der Waals surface area contributed by atoms with Gasteiger partial charge in [0.1, 0.15) is 0 Å². The van der Waals surface area contributed by atoms with Crippen LogP contribution in [-0.4, -0.2) is 44.3 Å². The first-order chi connectivity index (χ1) is 10.3. The van der Waals surface area contributed by atoms with E-state index < -0.39 is 0 Å². The highest BCUT2D eigenvalue weighted by molar-refractivity contribution is 5.82. The van der Waals surface area contributed by atoms with Crippen molar-refractivity contribution in [2.75, 3.05) is 38.1 Å². The molecule has 1 aliphatic rings. The number of anilines is 1. The molecule has 0 amide bonds. The smallest absolute Gasteiger partial charge is 0.0629 e. The standard InChI is InChI=1S/C18H21N3/c1-20-11-13-21(14-12-20)18-9-7-16(8-10-18)15-19-17-5-3-2-4-6-17/h2-10,15H,11-14H2,1H3. The Morgan fingerprint density at radius 1 is 0.857 bits per heavy atom. The van der Waals surface area contributed by atoms with Gasteiger partial charge in [-0.1, -0.05) is 30.3 Å². The first-order valence-electron chi connectivity index (χ1n) is 7.44. The van der Waals surface area contributed by atoms with Crippen LogP contribution in [0.4, 0.5) is 11.4 Å². The molecule has 3 rings (SSSR count). The average molecular weight is 279 g/mol. The maximum Gasteiger partial charge on any atom is 0.0629 e. The predicted molar refractivity (Wildman–Crippen MR) is 89.8 cm³/mol. The summed E-state index contributed by atoms with van der Waals surface area (Å²) in [6.07, 6.45) is 1.92. The first kappa shape index (κ1) is 13.8. The molecule has 0 saturated carbocycles. The van der Waals surface area contributed by atoms with Gasteiger partial charge in [0.05, 0.1) is 5.69 Å². The second-order valence-electron chi connectivity index (χ2n) is 5.48. The van der Waals surface area contributed by atoms with E-state index in [2.05, 4.69) is 46.1 Å². The Bertz CT molecular complexity index is 582. The Morgan fingerprint density at radius 2 is 1.52 bits per heavy atom. The summed E-state index contributed by atoms with van der Waals surface area (Å²) in [4.78, 5) is 9.30. The van der Waals surface area contributed by atoms with Crippen molar-refractivity contribution in [1.82, 2.24) is 4.90 Å². The van der Waals surface area contributed by atoms with E-state index in [1.165, 1.54) is 5.69 Å². The van der Waals surface area contributed by atoms with Gasteiger partial charge in [0.25, 0.3) is 0 Å². The van der Waals surface area contributed by atoms with Gasteiger partial charge in [0.2, 0.25) is 0 Å². The number of likely N-dealkylation sites (N-methyl/N-ethyl adjacent to an activating group) is 1.